The van der Waals surface area contributed by atoms with Gasteiger partial charge in [0.05, 0.1) is 0 Å². The lowest BCUT2D eigenvalue weighted by Gasteiger charge is -2.21. The van der Waals surface area contributed by atoms with E-state index in [0.29, 0.717) is 0 Å². The Labute approximate surface area is 125 Å². The zero-order valence-corrected chi connectivity index (χ0v) is 12.2. The highest BCUT2D eigenvalue weighted by Gasteiger charge is 2.08. The second-order valence-corrected chi connectivity index (χ2v) is 5.25. The molecule has 0 amide bonds. The first-order valence-electron chi connectivity index (χ1n) is 7.13. The van der Waals surface area contributed by atoms with E-state index in [4.69, 9.17) is 5.73 Å². The second kappa shape index (κ2) is 5.83. The molecule has 0 fully saturated rings. The third kappa shape index (κ3) is 2.82. The average molecular weight is 277 g/mol. The Morgan fingerprint density at radius 2 is 1.81 bits per heavy atom. The first-order valence-corrected chi connectivity index (χ1v) is 7.13. The molecule has 3 aromatic rings. The monoisotopic (exact) mass is 277 g/mol. The molecule has 2 aromatic carbocycles. The highest BCUT2D eigenvalue weighted by atomic mass is 15.1. The summed E-state index contributed by atoms with van der Waals surface area (Å²) in [5.41, 5.74) is 9.36. The minimum absolute atomic E-state index is 0.799. The minimum Gasteiger partial charge on any atom is -0.398 e. The van der Waals surface area contributed by atoms with Gasteiger partial charge in [0, 0.05) is 48.1 Å². The summed E-state index contributed by atoms with van der Waals surface area (Å²) < 4.78 is 0. The molecule has 3 nitrogen and oxygen atoms in total. The Kier molecular flexibility index (Phi) is 3.73. The fourth-order valence-corrected chi connectivity index (χ4v) is 2.59. The smallest absolute Gasteiger partial charge is 0.0460 e. The molecule has 0 spiro atoms. The van der Waals surface area contributed by atoms with E-state index < -0.39 is 0 Å². The molecule has 1 heterocycles. The van der Waals surface area contributed by atoms with E-state index in [9.17, 15) is 0 Å². The summed E-state index contributed by atoms with van der Waals surface area (Å²) in [6.07, 6.45) is 4.69. The Morgan fingerprint density at radius 3 is 2.62 bits per heavy atom. The van der Waals surface area contributed by atoms with Gasteiger partial charge in [-0.25, -0.2) is 0 Å². The van der Waals surface area contributed by atoms with Gasteiger partial charge < -0.3 is 10.6 Å². The van der Waals surface area contributed by atoms with Crippen molar-refractivity contribution >= 4 is 22.1 Å². The summed E-state index contributed by atoms with van der Waals surface area (Å²) in [7, 11) is 2.11. The van der Waals surface area contributed by atoms with E-state index in [0.717, 1.165) is 29.4 Å². The van der Waals surface area contributed by atoms with Gasteiger partial charge in [0.2, 0.25) is 0 Å². The minimum atomic E-state index is 0.799. The number of pyridine rings is 1. The third-order valence-electron chi connectivity index (χ3n) is 3.82. The van der Waals surface area contributed by atoms with Crippen LogP contribution in [-0.4, -0.2) is 18.6 Å². The molecular weight excluding hydrogens is 258 g/mol. The van der Waals surface area contributed by atoms with Crippen LogP contribution in [0.2, 0.25) is 0 Å². The van der Waals surface area contributed by atoms with Crippen molar-refractivity contribution < 1.29 is 0 Å². The highest BCUT2D eigenvalue weighted by Crippen LogP contribution is 2.29. The second-order valence-electron chi connectivity index (χ2n) is 5.25. The van der Waals surface area contributed by atoms with E-state index >= 15 is 0 Å². The van der Waals surface area contributed by atoms with Crippen LogP contribution in [0.1, 0.15) is 5.56 Å². The van der Waals surface area contributed by atoms with Gasteiger partial charge in [-0.2, -0.15) is 0 Å². The number of benzene rings is 2. The van der Waals surface area contributed by atoms with Crippen molar-refractivity contribution in [1.29, 1.82) is 0 Å². The molecule has 3 rings (SSSR count). The fraction of sp³-hybridized carbons (Fsp3) is 0.167. The number of anilines is 2. The van der Waals surface area contributed by atoms with Crippen LogP contribution in [0.5, 0.6) is 0 Å². The maximum Gasteiger partial charge on any atom is 0.0460 e. The molecule has 106 valence electrons. The molecule has 0 unspecified atom stereocenters. The van der Waals surface area contributed by atoms with Crippen LogP contribution >= 0.6 is 0 Å². The molecule has 0 aliphatic rings. The van der Waals surface area contributed by atoms with E-state index in [-0.39, 0.29) is 0 Å². The highest BCUT2D eigenvalue weighted by molar-refractivity contribution is 6.00. The van der Waals surface area contributed by atoms with Crippen LogP contribution in [-0.2, 0) is 6.42 Å². The molecule has 2 N–H and O–H groups in total. The molecule has 0 atom stereocenters. The number of aromatic nitrogens is 1. The summed E-state index contributed by atoms with van der Waals surface area (Å²) in [4.78, 5) is 6.49. The van der Waals surface area contributed by atoms with Crippen molar-refractivity contribution in [2.45, 2.75) is 6.42 Å². The summed E-state index contributed by atoms with van der Waals surface area (Å²) >= 11 is 0. The normalized spacial score (nSPS) is 10.7. The fourth-order valence-electron chi connectivity index (χ4n) is 2.59. The van der Waals surface area contributed by atoms with Crippen LogP contribution in [0.25, 0.3) is 10.8 Å². The zero-order valence-electron chi connectivity index (χ0n) is 12.2. The predicted octanol–water partition coefficient (Wildman–Crippen LogP) is 3.50. The van der Waals surface area contributed by atoms with Crippen LogP contribution in [0.15, 0.2) is 60.9 Å². The first kappa shape index (κ1) is 13.4. The Balaban J connectivity index is 1.85. The van der Waals surface area contributed by atoms with Crippen molar-refractivity contribution in [2.24, 2.45) is 0 Å². The SMILES string of the molecule is CN(CCc1ccccc1)c1ccc(N)c2ccncc12. The number of fused-ring (bicyclic) bond motifs is 1. The van der Waals surface area contributed by atoms with E-state index in [1.807, 2.05) is 24.4 Å². The van der Waals surface area contributed by atoms with Crippen molar-refractivity contribution in [3.8, 4) is 0 Å². The molecular formula is C18H19N3. The maximum atomic E-state index is 6.04. The van der Waals surface area contributed by atoms with E-state index in [1.54, 1.807) is 6.20 Å². The van der Waals surface area contributed by atoms with Gasteiger partial charge in [0.1, 0.15) is 0 Å². The Bertz CT molecular complexity index is 738. The maximum absolute atomic E-state index is 6.04. The molecule has 0 bridgehead atoms. The Hall–Kier alpha value is -2.55. The van der Waals surface area contributed by atoms with Crippen molar-refractivity contribution in [2.75, 3.05) is 24.2 Å². The third-order valence-corrected chi connectivity index (χ3v) is 3.82. The quantitative estimate of drug-likeness (QED) is 0.742. The zero-order chi connectivity index (χ0) is 14.7. The Morgan fingerprint density at radius 1 is 1.00 bits per heavy atom. The number of rotatable bonds is 4. The predicted molar refractivity (Wildman–Crippen MR) is 89.6 cm³/mol. The van der Waals surface area contributed by atoms with Crippen molar-refractivity contribution in [3.63, 3.8) is 0 Å². The average Bonchev–Trinajstić information content (AvgIpc) is 2.54. The van der Waals surface area contributed by atoms with E-state index in [2.05, 4.69) is 47.3 Å². The summed E-state index contributed by atoms with van der Waals surface area (Å²) in [5.74, 6) is 0. The number of nitrogen functional groups attached to an aromatic ring is 1. The summed E-state index contributed by atoms with van der Waals surface area (Å²) in [6, 6.07) is 16.6. The largest absolute Gasteiger partial charge is 0.398 e. The van der Waals surface area contributed by atoms with Gasteiger partial charge in [-0.15, -0.1) is 0 Å². The number of hydrogen-bond donors (Lipinski definition) is 1. The van der Waals surface area contributed by atoms with Gasteiger partial charge in [-0.3, -0.25) is 4.98 Å². The van der Waals surface area contributed by atoms with Gasteiger partial charge in [-0.05, 0) is 30.2 Å². The van der Waals surface area contributed by atoms with Crippen LogP contribution in [0.3, 0.4) is 0 Å². The standard InChI is InChI=1S/C18H19N3/c1-21(12-10-14-5-3-2-4-6-14)18-8-7-17(19)15-9-11-20-13-16(15)18/h2-9,11,13H,10,12,19H2,1H3. The molecule has 3 heteroatoms. The summed E-state index contributed by atoms with van der Waals surface area (Å²) in [5, 5.41) is 2.17. The summed E-state index contributed by atoms with van der Waals surface area (Å²) in [6.45, 7) is 0.956. The molecule has 0 saturated heterocycles. The number of nitrogens with two attached hydrogens (primary N) is 1. The topological polar surface area (TPSA) is 42.1 Å². The molecule has 0 saturated carbocycles. The van der Waals surface area contributed by atoms with Crippen molar-refractivity contribution in [3.05, 3.63) is 66.5 Å². The van der Waals surface area contributed by atoms with E-state index in [1.165, 1.54) is 11.3 Å². The van der Waals surface area contributed by atoms with Gasteiger partial charge in [-0.1, -0.05) is 30.3 Å². The van der Waals surface area contributed by atoms with Gasteiger partial charge >= 0.3 is 0 Å². The number of nitrogens with zero attached hydrogens (tertiary/aromatic N) is 2. The molecule has 1 aromatic heterocycles. The lowest BCUT2D eigenvalue weighted by molar-refractivity contribution is 0.880. The van der Waals surface area contributed by atoms with Gasteiger partial charge in [0.25, 0.3) is 0 Å². The van der Waals surface area contributed by atoms with Gasteiger partial charge in [0.15, 0.2) is 0 Å². The van der Waals surface area contributed by atoms with Crippen LogP contribution in [0.4, 0.5) is 11.4 Å². The molecule has 0 radical (unpaired) electrons. The van der Waals surface area contributed by atoms with Crippen LogP contribution < -0.4 is 10.6 Å². The molecule has 21 heavy (non-hydrogen) atoms. The molecule has 0 aliphatic carbocycles. The number of likely N-dealkylation sites (N-methyl/N-ethyl adjacent to an activating group) is 1. The van der Waals surface area contributed by atoms with Crippen molar-refractivity contribution in [1.82, 2.24) is 4.98 Å². The van der Waals surface area contributed by atoms with Crippen LogP contribution in [0, 0.1) is 0 Å². The number of hydrogen-bond acceptors (Lipinski definition) is 3. The molecule has 0 aliphatic heterocycles. The first-order chi connectivity index (χ1) is 10.3. The lowest BCUT2D eigenvalue weighted by atomic mass is 10.1. The lowest BCUT2D eigenvalue weighted by Crippen LogP contribution is -2.20.